The quantitative estimate of drug-likeness (QED) is 0.176. The Morgan fingerprint density at radius 3 is 2.39 bits per heavy atom. The van der Waals surface area contributed by atoms with Gasteiger partial charge < -0.3 is 25.5 Å². The minimum atomic E-state index is -1.28. The first-order valence-corrected chi connectivity index (χ1v) is 17.1. The molecule has 1 heterocycles. The fourth-order valence-electron chi connectivity index (χ4n) is 8.07. The molecule has 44 heavy (non-hydrogen) atoms. The number of hydrogen-bond donors (Lipinski definition) is 4. The number of aromatic nitrogens is 1. The van der Waals surface area contributed by atoms with Gasteiger partial charge in [0.05, 0.1) is 6.42 Å². The number of hydrogen-bond acceptors (Lipinski definition) is 5. The molecular weight excluding hydrogens is 574 g/mol. The second kappa shape index (κ2) is 13.3. The maximum atomic E-state index is 14.2. The summed E-state index contributed by atoms with van der Waals surface area (Å²) in [6.07, 6.45) is 8.10. The first-order valence-electron chi connectivity index (χ1n) is 15.9. The summed E-state index contributed by atoms with van der Waals surface area (Å²) in [6.45, 7) is 1.78. The van der Waals surface area contributed by atoms with Gasteiger partial charge in [-0.05, 0) is 86.3 Å². The molecule has 4 fully saturated rings. The highest BCUT2D eigenvalue weighted by molar-refractivity contribution is 7.99. The smallest absolute Gasteiger partial charge is 0.408 e. The number of rotatable bonds is 13. The van der Waals surface area contributed by atoms with Crippen molar-refractivity contribution in [3.05, 3.63) is 71.9 Å². The third-order valence-corrected chi connectivity index (χ3v) is 11.1. The molecule has 0 saturated heterocycles. The number of aromatic amines is 1. The molecule has 9 heteroatoms. The fourth-order valence-corrected chi connectivity index (χ4v) is 9.04. The Balaban J connectivity index is 1.20. The van der Waals surface area contributed by atoms with Crippen molar-refractivity contribution in [1.29, 1.82) is 0 Å². The molecule has 0 spiro atoms. The van der Waals surface area contributed by atoms with Crippen molar-refractivity contribution < 1.29 is 24.2 Å². The van der Waals surface area contributed by atoms with Crippen molar-refractivity contribution in [3.8, 4) is 0 Å². The number of para-hydroxylation sites is 1. The Morgan fingerprint density at radius 1 is 1.00 bits per heavy atom. The van der Waals surface area contributed by atoms with Crippen LogP contribution in [0.25, 0.3) is 10.9 Å². The maximum Gasteiger partial charge on any atom is 0.408 e. The van der Waals surface area contributed by atoms with E-state index in [1.807, 2.05) is 60.8 Å². The van der Waals surface area contributed by atoms with Gasteiger partial charge in [0.25, 0.3) is 0 Å². The molecule has 4 aliphatic rings. The van der Waals surface area contributed by atoms with E-state index in [4.69, 9.17) is 9.84 Å². The van der Waals surface area contributed by atoms with Gasteiger partial charge in [-0.25, -0.2) is 4.79 Å². The molecule has 4 N–H and O–H groups in total. The summed E-state index contributed by atoms with van der Waals surface area (Å²) >= 11 is 1.51. The number of nitrogens with one attached hydrogen (secondary N) is 3. The Bertz CT molecular complexity index is 1450. The number of carbonyl (C=O) groups excluding carboxylic acids is 2. The van der Waals surface area contributed by atoms with Crippen molar-refractivity contribution in [2.45, 2.75) is 76.0 Å². The molecule has 0 radical (unpaired) electrons. The highest BCUT2D eigenvalue weighted by atomic mass is 32.2. The normalized spacial score (nSPS) is 25.7. The lowest BCUT2D eigenvalue weighted by Gasteiger charge is -2.53. The minimum Gasteiger partial charge on any atom is -0.481 e. The first-order chi connectivity index (χ1) is 21.3. The van der Waals surface area contributed by atoms with E-state index in [1.165, 1.54) is 18.2 Å². The summed E-state index contributed by atoms with van der Waals surface area (Å²) in [4.78, 5) is 42.2. The van der Waals surface area contributed by atoms with Gasteiger partial charge in [-0.2, -0.15) is 11.8 Å². The number of fused-ring (bicyclic) bond motifs is 1. The molecule has 8 nitrogen and oxygen atoms in total. The zero-order valence-electron chi connectivity index (χ0n) is 25.3. The van der Waals surface area contributed by atoms with Gasteiger partial charge >= 0.3 is 12.1 Å². The number of benzene rings is 2. The minimum absolute atomic E-state index is 0.0625. The Hall–Kier alpha value is -3.46. The standard InChI is InChI=1S/C35H43N3O5S/c1-35(19-27-20-36-30-10-6-5-9-29(27)30,38-34(42)43-32-25-14-23-13-24(16-25)17-26(32)15-23)33(41)37-28(21-44-12-11-31(39)40)18-22-7-3-2-4-8-22/h2-10,20,23-26,28,32,36H,11-19,21H2,1H3,(H,37,41)(H,38,42)(H,39,40)/t23?,24?,25?,26?,28-,32?,35+/m0/s1. The lowest BCUT2D eigenvalue weighted by molar-refractivity contribution is -0.136. The molecule has 1 aromatic heterocycles. The van der Waals surface area contributed by atoms with Crippen LogP contribution in [0.1, 0.15) is 56.6 Å². The van der Waals surface area contributed by atoms with Gasteiger partial charge in [0.2, 0.25) is 5.91 Å². The zero-order chi connectivity index (χ0) is 30.7. The van der Waals surface area contributed by atoms with Crippen molar-refractivity contribution in [3.63, 3.8) is 0 Å². The fraction of sp³-hybridized carbons (Fsp3) is 0.514. The van der Waals surface area contributed by atoms with Gasteiger partial charge in [-0.3, -0.25) is 9.59 Å². The summed E-state index contributed by atoms with van der Waals surface area (Å²) in [6, 6.07) is 17.6. The van der Waals surface area contributed by atoms with Crippen molar-refractivity contribution in [1.82, 2.24) is 15.6 Å². The van der Waals surface area contributed by atoms with Crippen LogP contribution in [-0.4, -0.2) is 57.3 Å². The van der Waals surface area contributed by atoms with Crippen LogP contribution in [0.5, 0.6) is 0 Å². The number of ether oxygens (including phenoxy) is 1. The third kappa shape index (κ3) is 7.09. The average molecular weight is 618 g/mol. The second-order valence-corrected chi connectivity index (χ2v) is 14.5. The van der Waals surface area contributed by atoms with E-state index in [9.17, 15) is 14.4 Å². The van der Waals surface area contributed by atoms with Crippen molar-refractivity contribution in [2.75, 3.05) is 11.5 Å². The van der Waals surface area contributed by atoms with Crippen LogP contribution in [-0.2, 0) is 27.2 Å². The predicted octanol–water partition coefficient (Wildman–Crippen LogP) is 5.96. The maximum absolute atomic E-state index is 14.2. The van der Waals surface area contributed by atoms with Gasteiger partial charge in [-0.1, -0.05) is 48.5 Å². The van der Waals surface area contributed by atoms with Crippen molar-refractivity contribution in [2.24, 2.45) is 23.7 Å². The molecular formula is C35H43N3O5S. The number of H-pyrrole nitrogens is 1. The summed E-state index contributed by atoms with van der Waals surface area (Å²) in [7, 11) is 0. The zero-order valence-corrected chi connectivity index (χ0v) is 26.1. The molecule has 3 aromatic rings. The molecule has 2 aromatic carbocycles. The van der Waals surface area contributed by atoms with E-state index in [1.54, 1.807) is 6.92 Å². The summed E-state index contributed by atoms with van der Waals surface area (Å²) in [5.74, 6) is 2.27. The highest BCUT2D eigenvalue weighted by Gasteiger charge is 2.50. The van der Waals surface area contributed by atoms with Crippen LogP contribution >= 0.6 is 11.8 Å². The summed E-state index contributed by atoms with van der Waals surface area (Å²) < 4.78 is 6.18. The largest absolute Gasteiger partial charge is 0.481 e. The number of carbonyl (C=O) groups is 3. The Labute approximate surface area is 263 Å². The molecule has 0 aliphatic heterocycles. The third-order valence-electron chi connectivity index (χ3n) is 9.92. The van der Waals surface area contributed by atoms with E-state index in [2.05, 4.69) is 15.6 Å². The van der Waals surface area contributed by atoms with Gasteiger partial charge in [-0.15, -0.1) is 0 Å². The highest BCUT2D eigenvalue weighted by Crippen LogP contribution is 2.54. The molecule has 4 aliphatic carbocycles. The van der Waals surface area contributed by atoms with Crippen LogP contribution in [0.4, 0.5) is 4.79 Å². The lowest BCUT2D eigenvalue weighted by atomic mass is 9.55. The van der Waals surface area contributed by atoms with Crippen LogP contribution < -0.4 is 10.6 Å². The van der Waals surface area contributed by atoms with E-state index in [-0.39, 0.29) is 30.9 Å². The van der Waals surface area contributed by atoms with Crippen LogP contribution in [0.3, 0.4) is 0 Å². The van der Waals surface area contributed by atoms with Crippen LogP contribution in [0.2, 0.25) is 0 Å². The van der Waals surface area contributed by atoms with E-state index < -0.39 is 17.6 Å². The molecule has 7 rings (SSSR count). The second-order valence-electron chi connectivity index (χ2n) is 13.4. The van der Waals surface area contributed by atoms with Crippen LogP contribution in [0.15, 0.2) is 60.8 Å². The molecule has 4 bridgehead atoms. The number of aliphatic carboxylic acids is 1. The predicted molar refractivity (Wildman–Crippen MR) is 173 cm³/mol. The lowest BCUT2D eigenvalue weighted by Crippen LogP contribution is -2.61. The number of carboxylic acid groups (broad SMARTS) is 1. The molecule has 234 valence electrons. The van der Waals surface area contributed by atoms with Gasteiger partial charge in [0.15, 0.2) is 0 Å². The number of carboxylic acids is 1. The van der Waals surface area contributed by atoms with Gasteiger partial charge in [0.1, 0.15) is 11.6 Å². The Morgan fingerprint density at radius 2 is 1.68 bits per heavy atom. The topological polar surface area (TPSA) is 121 Å². The number of amides is 2. The molecule has 4 saturated carbocycles. The van der Waals surface area contributed by atoms with E-state index in [0.29, 0.717) is 29.8 Å². The first kappa shape index (κ1) is 30.6. The molecule has 0 unspecified atom stereocenters. The van der Waals surface area contributed by atoms with E-state index in [0.717, 1.165) is 59.5 Å². The monoisotopic (exact) mass is 617 g/mol. The SMILES string of the molecule is C[C@](Cc1c[nH]c2ccccc12)(NC(=O)OC1C2CC3CC(C2)CC1C3)C(=O)N[C@H](CSCCC(=O)O)Cc1ccccc1. The van der Waals surface area contributed by atoms with Crippen molar-refractivity contribution >= 4 is 40.6 Å². The average Bonchev–Trinajstić information content (AvgIpc) is 3.39. The molecule has 2 amide bonds. The summed E-state index contributed by atoms with van der Waals surface area (Å²) in [5, 5.41) is 16.4. The van der Waals surface area contributed by atoms with E-state index >= 15 is 0 Å². The molecule has 2 atom stereocenters. The number of thioether (sulfide) groups is 1. The van der Waals surface area contributed by atoms with Crippen LogP contribution in [0, 0.1) is 23.7 Å². The Kier molecular flexibility index (Phi) is 9.21. The number of alkyl carbamates (subject to hydrolysis) is 1. The van der Waals surface area contributed by atoms with Gasteiger partial charge in [0, 0.05) is 41.1 Å². The summed E-state index contributed by atoms with van der Waals surface area (Å²) in [5.41, 5.74) is 1.69.